The molecular weight excluding hydrogens is 409 g/mol. The molecule has 150 valence electrons. The first-order valence-corrected chi connectivity index (χ1v) is 11.0. The first-order chi connectivity index (χ1) is 12.4. The molecule has 1 saturated carbocycles. The topological polar surface area (TPSA) is 69.7 Å². The number of piperidine rings is 1. The minimum Gasteiger partial charge on any atom is -0.340 e. The van der Waals surface area contributed by atoms with Gasteiger partial charge >= 0.3 is 0 Å². The second-order valence-corrected chi connectivity index (χ2v) is 9.93. The Morgan fingerprint density at radius 2 is 1.81 bits per heavy atom. The van der Waals surface area contributed by atoms with Gasteiger partial charge in [0.05, 0.1) is 4.90 Å². The van der Waals surface area contributed by atoms with Crippen LogP contribution in [0.15, 0.2) is 29.2 Å². The van der Waals surface area contributed by atoms with Gasteiger partial charge < -0.3 is 10.2 Å². The molecule has 4 rings (SSSR count). The van der Waals surface area contributed by atoms with Crippen LogP contribution >= 0.6 is 24.0 Å². The number of hydrogen-bond acceptors (Lipinski definition) is 4. The number of benzene rings is 1. The zero-order valence-corrected chi connectivity index (χ0v) is 17.5. The molecule has 0 bridgehead atoms. The Morgan fingerprint density at radius 1 is 1.15 bits per heavy atom. The minimum atomic E-state index is -3.56. The van der Waals surface area contributed by atoms with E-state index in [1.807, 2.05) is 4.90 Å². The SMILES string of the molecule is Cl.O=C(C1CC12CCNCC2)N1CCN(S(=O)(=O)c2cccc(Cl)c2)CC1. The Balaban J connectivity index is 0.00000210. The lowest BCUT2D eigenvalue weighted by atomic mass is 9.91. The number of nitrogens with zero attached hydrogens (tertiary/aromatic N) is 2. The van der Waals surface area contributed by atoms with Gasteiger partial charge in [-0.05, 0) is 56.0 Å². The summed E-state index contributed by atoms with van der Waals surface area (Å²) in [5.74, 6) is 0.354. The Bertz CT molecular complexity index is 804. The van der Waals surface area contributed by atoms with Crippen LogP contribution in [0.1, 0.15) is 19.3 Å². The van der Waals surface area contributed by atoms with Gasteiger partial charge in [0.25, 0.3) is 0 Å². The van der Waals surface area contributed by atoms with Gasteiger partial charge in [0.2, 0.25) is 15.9 Å². The number of piperazine rings is 1. The Morgan fingerprint density at radius 3 is 2.44 bits per heavy atom. The van der Waals surface area contributed by atoms with Crippen molar-refractivity contribution in [2.75, 3.05) is 39.3 Å². The number of nitrogens with one attached hydrogen (secondary N) is 1. The maximum atomic E-state index is 12.8. The molecule has 6 nitrogen and oxygen atoms in total. The summed E-state index contributed by atoms with van der Waals surface area (Å²) < 4.78 is 27.0. The highest BCUT2D eigenvalue weighted by atomic mass is 35.5. The molecule has 1 spiro atoms. The first kappa shape index (κ1) is 20.9. The van der Waals surface area contributed by atoms with Crippen molar-refractivity contribution >= 4 is 39.9 Å². The molecule has 1 aromatic rings. The molecule has 1 aromatic carbocycles. The fourth-order valence-corrected chi connectivity index (χ4v) is 6.04. The van der Waals surface area contributed by atoms with E-state index in [-0.39, 0.29) is 34.5 Å². The van der Waals surface area contributed by atoms with Gasteiger partial charge in [-0.2, -0.15) is 4.31 Å². The number of rotatable bonds is 3. The predicted molar refractivity (Wildman–Crippen MR) is 107 cm³/mol. The lowest BCUT2D eigenvalue weighted by Gasteiger charge is -2.35. The molecule has 1 unspecified atom stereocenters. The van der Waals surface area contributed by atoms with Crippen molar-refractivity contribution < 1.29 is 13.2 Å². The summed E-state index contributed by atoms with van der Waals surface area (Å²) in [6, 6.07) is 6.33. The van der Waals surface area contributed by atoms with Gasteiger partial charge in [0, 0.05) is 37.1 Å². The maximum Gasteiger partial charge on any atom is 0.243 e. The van der Waals surface area contributed by atoms with Crippen LogP contribution in [0.2, 0.25) is 5.02 Å². The van der Waals surface area contributed by atoms with Crippen LogP contribution < -0.4 is 5.32 Å². The number of halogens is 2. The Hall–Kier alpha value is -0.860. The molecule has 3 aliphatic rings. The largest absolute Gasteiger partial charge is 0.340 e. The summed E-state index contributed by atoms with van der Waals surface area (Å²) >= 11 is 5.93. The van der Waals surface area contributed by atoms with Gasteiger partial charge in [-0.3, -0.25) is 4.79 Å². The van der Waals surface area contributed by atoms with Gasteiger partial charge in [-0.15, -0.1) is 12.4 Å². The van der Waals surface area contributed by atoms with Gasteiger partial charge in [0.15, 0.2) is 0 Å². The van der Waals surface area contributed by atoms with Crippen LogP contribution in [-0.4, -0.2) is 62.8 Å². The average molecular weight is 434 g/mol. The summed E-state index contributed by atoms with van der Waals surface area (Å²) in [6.45, 7) is 3.58. The second-order valence-electron chi connectivity index (χ2n) is 7.56. The monoisotopic (exact) mass is 433 g/mol. The molecule has 1 atom stereocenters. The maximum absolute atomic E-state index is 12.8. The first-order valence-electron chi connectivity index (χ1n) is 9.18. The van der Waals surface area contributed by atoms with E-state index in [1.54, 1.807) is 18.2 Å². The molecule has 0 radical (unpaired) electrons. The van der Waals surface area contributed by atoms with Crippen molar-refractivity contribution in [2.24, 2.45) is 11.3 Å². The molecule has 1 N–H and O–H groups in total. The molecule has 0 aromatic heterocycles. The molecule has 2 aliphatic heterocycles. The van der Waals surface area contributed by atoms with E-state index in [9.17, 15) is 13.2 Å². The van der Waals surface area contributed by atoms with Crippen LogP contribution in [0.25, 0.3) is 0 Å². The van der Waals surface area contributed by atoms with Crippen LogP contribution in [0.3, 0.4) is 0 Å². The fraction of sp³-hybridized carbons (Fsp3) is 0.611. The van der Waals surface area contributed by atoms with Crippen molar-refractivity contribution in [1.82, 2.24) is 14.5 Å². The number of hydrogen-bond donors (Lipinski definition) is 1. The standard InChI is InChI=1S/C18H24ClN3O3S.ClH/c19-14-2-1-3-15(12-14)26(24,25)22-10-8-21(9-11-22)17(23)16-13-18(16)4-6-20-7-5-18;/h1-3,12,16,20H,4-11,13H2;1H. The van der Waals surface area contributed by atoms with Crippen LogP contribution in [0, 0.1) is 11.3 Å². The Labute approximate surface area is 171 Å². The van der Waals surface area contributed by atoms with E-state index in [4.69, 9.17) is 11.6 Å². The molecule has 27 heavy (non-hydrogen) atoms. The zero-order valence-electron chi connectivity index (χ0n) is 15.1. The van der Waals surface area contributed by atoms with Crippen molar-refractivity contribution in [1.29, 1.82) is 0 Å². The van der Waals surface area contributed by atoms with Crippen LogP contribution in [0.4, 0.5) is 0 Å². The van der Waals surface area contributed by atoms with E-state index >= 15 is 0 Å². The number of amides is 1. The summed E-state index contributed by atoms with van der Waals surface area (Å²) in [4.78, 5) is 14.9. The van der Waals surface area contributed by atoms with Crippen LogP contribution in [-0.2, 0) is 14.8 Å². The highest BCUT2D eigenvalue weighted by Gasteiger charge is 2.58. The molecule has 1 amide bonds. The van der Waals surface area contributed by atoms with E-state index in [1.165, 1.54) is 10.4 Å². The van der Waals surface area contributed by atoms with Gasteiger partial charge in [0.1, 0.15) is 0 Å². The quantitative estimate of drug-likeness (QED) is 0.790. The van der Waals surface area contributed by atoms with E-state index < -0.39 is 10.0 Å². The van der Waals surface area contributed by atoms with E-state index in [2.05, 4.69) is 5.32 Å². The average Bonchev–Trinajstić information content (AvgIpc) is 3.34. The smallest absolute Gasteiger partial charge is 0.243 e. The summed E-state index contributed by atoms with van der Waals surface area (Å²) in [6.07, 6.45) is 3.15. The molecule has 2 saturated heterocycles. The van der Waals surface area contributed by atoms with Crippen LogP contribution in [0.5, 0.6) is 0 Å². The highest BCUT2D eigenvalue weighted by molar-refractivity contribution is 7.89. The minimum absolute atomic E-state index is 0. The number of sulfonamides is 1. The van der Waals surface area contributed by atoms with Gasteiger partial charge in [-0.25, -0.2) is 8.42 Å². The van der Waals surface area contributed by atoms with E-state index in [0.717, 1.165) is 32.4 Å². The molecule has 3 fully saturated rings. The van der Waals surface area contributed by atoms with Crippen molar-refractivity contribution in [3.8, 4) is 0 Å². The molecule has 2 heterocycles. The van der Waals surface area contributed by atoms with Crippen molar-refractivity contribution in [2.45, 2.75) is 24.2 Å². The third-order valence-corrected chi connectivity index (χ3v) is 8.20. The molecular formula is C18H25Cl2N3O3S. The zero-order chi connectivity index (χ0) is 18.4. The predicted octanol–water partition coefficient (Wildman–Crippen LogP) is 1.98. The third-order valence-electron chi connectivity index (χ3n) is 6.07. The second kappa shape index (κ2) is 7.87. The summed E-state index contributed by atoms with van der Waals surface area (Å²) in [7, 11) is -3.56. The number of carbonyl (C=O) groups excluding carboxylic acids is 1. The lowest BCUT2D eigenvalue weighted by molar-refractivity contribution is -0.134. The number of carbonyl (C=O) groups is 1. The summed E-state index contributed by atoms with van der Waals surface area (Å²) in [5.41, 5.74) is 0.215. The van der Waals surface area contributed by atoms with Gasteiger partial charge in [-0.1, -0.05) is 17.7 Å². The highest BCUT2D eigenvalue weighted by Crippen LogP contribution is 2.59. The fourth-order valence-electron chi connectivity index (χ4n) is 4.32. The molecule has 1 aliphatic carbocycles. The normalized spacial score (nSPS) is 25.1. The molecule has 9 heteroatoms. The summed E-state index contributed by atoms with van der Waals surface area (Å²) in [5, 5.41) is 3.76. The third kappa shape index (κ3) is 3.98. The Kier molecular flexibility index (Phi) is 6.08. The van der Waals surface area contributed by atoms with Crippen molar-refractivity contribution in [3.05, 3.63) is 29.3 Å². The van der Waals surface area contributed by atoms with Crippen molar-refractivity contribution in [3.63, 3.8) is 0 Å². The lowest BCUT2D eigenvalue weighted by Crippen LogP contribution is -2.51. The van der Waals surface area contributed by atoms with E-state index in [0.29, 0.717) is 31.2 Å².